The van der Waals surface area contributed by atoms with Gasteiger partial charge in [0.25, 0.3) is 5.91 Å². The molecule has 0 bridgehead atoms. The summed E-state index contributed by atoms with van der Waals surface area (Å²) in [6.45, 7) is 2.17. The van der Waals surface area contributed by atoms with Gasteiger partial charge in [0, 0.05) is 38.8 Å². The van der Waals surface area contributed by atoms with E-state index in [-0.39, 0.29) is 24.2 Å². The summed E-state index contributed by atoms with van der Waals surface area (Å²) in [6, 6.07) is 14.0. The first-order valence-corrected chi connectivity index (χ1v) is 9.89. The van der Waals surface area contributed by atoms with Crippen LogP contribution in [0.25, 0.3) is 0 Å². The molecule has 7 nitrogen and oxygen atoms in total. The Kier molecular flexibility index (Phi) is 7.37. The van der Waals surface area contributed by atoms with Crippen molar-refractivity contribution < 1.29 is 14.0 Å². The van der Waals surface area contributed by atoms with E-state index < -0.39 is 0 Å². The second-order valence-corrected chi connectivity index (χ2v) is 6.97. The molecule has 0 spiro atoms. The average Bonchev–Trinajstić information content (AvgIpc) is 2.77. The molecular formula is C22H26FN5O2. The number of amides is 2. The van der Waals surface area contributed by atoms with Gasteiger partial charge in [-0.05, 0) is 35.7 Å². The summed E-state index contributed by atoms with van der Waals surface area (Å²) in [6.07, 6.45) is 0.554. The topological polar surface area (TPSA) is 85.8 Å². The fraction of sp³-hybridized carbons (Fsp3) is 0.318. The quantitative estimate of drug-likeness (QED) is 0.494. The zero-order valence-electron chi connectivity index (χ0n) is 17.0. The van der Waals surface area contributed by atoms with Crippen LogP contribution >= 0.6 is 0 Å². The van der Waals surface area contributed by atoms with Crippen molar-refractivity contribution in [1.29, 1.82) is 0 Å². The number of nitrogens with one attached hydrogen (secondary N) is 3. The number of carbonyl (C=O) groups is 2. The first kappa shape index (κ1) is 21.3. The monoisotopic (exact) mass is 411 g/mol. The standard InChI is InChI=1S/C22H26FN5O2/c1-24-22(26-11-10-17-4-2-3-5-19(17)23)27-14-16-6-8-18(9-7-16)21(30)28-13-12-25-20(29)15-28/h2-9H,10-15H2,1H3,(H,25,29)(H2,24,26,27). The maximum Gasteiger partial charge on any atom is 0.254 e. The number of halogens is 1. The third kappa shape index (κ3) is 5.79. The van der Waals surface area contributed by atoms with Crippen LogP contribution in [0.3, 0.4) is 0 Å². The molecule has 8 heteroatoms. The summed E-state index contributed by atoms with van der Waals surface area (Å²) in [5, 5.41) is 9.08. The van der Waals surface area contributed by atoms with E-state index in [1.54, 1.807) is 36.2 Å². The van der Waals surface area contributed by atoms with Gasteiger partial charge in [0.2, 0.25) is 5.91 Å². The van der Waals surface area contributed by atoms with Crippen molar-refractivity contribution in [3.63, 3.8) is 0 Å². The fourth-order valence-corrected chi connectivity index (χ4v) is 3.18. The fourth-order valence-electron chi connectivity index (χ4n) is 3.18. The highest BCUT2D eigenvalue weighted by atomic mass is 19.1. The second-order valence-electron chi connectivity index (χ2n) is 6.97. The number of benzene rings is 2. The Balaban J connectivity index is 1.47. The minimum Gasteiger partial charge on any atom is -0.356 e. The molecule has 0 aromatic heterocycles. The van der Waals surface area contributed by atoms with E-state index in [0.29, 0.717) is 49.7 Å². The first-order chi connectivity index (χ1) is 14.6. The summed E-state index contributed by atoms with van der Waals surface area (Å²) < 4.78 is 13.7. The second kappa shape index (κ2) is 10.4. The highest BCUT2D eigenvalue weighted by molar-refractivity contribution is 5.97. The molecule has 3 N–H and O–H groups in total. The van der Waals surface area contributed by atoms with Crippen molar-refractivity contribution in [2.45, 2.75) is 13.0 Å². The van der Waals surface area contributed by atoms with Crippen molar-refractivity contribution in [2.75, 3.05) is 33.2 Å². The molecule has 0 aliphatic carbocycles. The zero-order chi connectivity index (χ0) is 21.3. The van der Waals surface area contributed by atoms with E-state index in [2.05, 4.69) is 20.9 Å². The van der Waals surface area contributed by atoms with Crippen LogP contribution in [-0.2, 0) is 17.8 Å². The Labute approximate surface area is 175 Å². The maximum absolute atomic E-state index is 13.7. The minimum atomic E-state index is -0.206. The first-order valence-electron chi connectivity index (χ1n) is 9.89. The highest BCUT2D eigenvalue weighted by Crippen LogP contribution is 2.09. The Bertz CT molecular complexity index is 914. The van der Waals surface area contributed by atoms with Crippen molar-refractivity contribution in [1.82, 2.24) is 20.9 Å². The summed E-state index contributed by atoms with van der Waals surface area (Å²) in [5.41, 5.74) is 2.20. The Morgan fingerprint density at radius 1 is 1.17 bits per heavy atom. The molecule has 3 rings (SSSR count). The minimum absolute atomic E-state index is 0.0943. The van der Waals surface area contributed by atoms with E-state index >= 15 is 0 Å². The molecule has 2 aromatic rings. The molecule has 2 amide bonds. The molecule has 2 aromatic carbocycles. The zero-order valence-corrected chi connectivity index (χ0v) is 17.0. The maximum atomic E-state index is 13.7. The number of aliphatic imine (C=N–C) groups is 1. The van der Waals surface area contributed by atoms with Crippen LogP contribution < -0.4 is 16.0 Å². The number of carbonyl (C=O) groups excluding carboxylic acids is 2. The van der Waals surface area contributed by atoms with Gasteiger partial charge in [-0.2, -0.15) is 0 Å². The van der Waals surface area contributed by atoms with Crippen molar-refractivity contribution >= 4 is 17.8 Å². The summed E-state index contributed by atoms with van der Waals surface area (Å²) >= 11 is 0. The number of hydrogen-bond acceptors (Lipinski definition) is 3. The van der Waals surface area contributed by atoms with Crippen LogP contribution in [0.4, 0.5) is 4.39 Å². The Hall–Kier alpha value is -3.42. The molecule has 0 saturated carbocycles. The van der Waals surface area contributed by atoms with E-state index in [9.17, 15) is 14.0 Å². The van der Waals surface area contributed by atoms with Gasteiger partial charge in [0.05, 0.1) is 6.54 Å². The molecule has 30 heavy (non-hydrogen) atoms. The number of hydrogen-bond donors (Lipinski definition) is 3. The lowest BCUT2D eigenvalue weighted by molar-refractivity contribution is -0.123. The number of guanidine groups is 1. The largest absolute Gasteiger partial charge is 0.356 e. The van der Waals surface area contributed by atoms with Crippen LogP contribution in [0.1, 0.15) is 21.5 Å². The van der Waals surface area contributed by atoms with E-state index in [1.807, 2.05) is 18.2 Å². The normalized spacial score (nSPS) is 14.3. The molecule has 0 atom stereocenters. The molecule has 0 radical (unpaired) electrons. The van der Waals surface area contributed by atoms with Crippen LogP contribution in [0, 0.1) is 5.82 Å². The lowest BCUT2D eigenvalue weighted by Gasteiger charge is -2.26. The third-order valence-corrected chi connectivity index (χ3v) is 4.85. The smallest absolute Gasteiger partial charge is 0.254 e. The van der Waals surface area contributed by atoms with Gasteiger partial charge < -0.3 is 20.9 Å². The van der Waals surface area contributed by atoms with E-state index in [4.69, 9.17) is 0 Å². The number of piperazine rings is 1. The summed E-state index contributed by atoms with van der Waals surface area (Å²) in [7, 11) is 1.68. The molecule has 1 aliphatic heterocycles. The lowest BCUT2D eigenvalue weighted by atomic mass is 10.1. The van der Waals surface area contributed by atoms with Gasteiger partial charge in [-0.15, -0.1) is 0 Å². The van der Waals surface area contributed by atoms with Crippen molar-refractivity contribution in [3.8, 4) is 0 Å². The summed E-state index contributed by atoms with van der Waals surface area (Å²) in [5.74, 6) is 0.132. The van der Waals surface area contributed by atoms with Crippen LogP contribution in [-0.4, -0.2) is 55.9 Å². The predicted octanol–water partition coefficient (Wildman–Crippen LogP) is 1.31. The lowest BCUT2D eigenvalue weighted by Crippen LogP contribution is -2.49. The molecule has 0 unspecified atom stereocenters. The van der Waals surface area contributed by atoms with Gasteiger partial charge in [-0.3, -0.25) is 14.6 Å². The molecule has 1 saturated heterocycles. The molecular weight excluding hydrogens is 385 g/mol. The number of rotatable bonds is 6. The number of nitrogens with zero attached hydrogens (tertiary/aromatic N) is 2. The van der Waals surface area contributed by atoms with Gasteiger partial charge in [0.15, 0.2) is 5.96 Å². The van der Waals surface area contributed by atoms with E-state index in [1.165, 1.54) is 6.07 Å². The van der Waals surface area contributed by atoms with Gasteiger partial charge >= 0.3 is 0 Å². The predicted molar refractivity (Wildman–Crippen MR) is 114 cm³/mol. The van der Waals surface area contributed by atoms with Gasteiger partial charge in [0.1, 0.15) is 5.82 Å². The van der Waals surface area contributed by atoms with Gasteiger partial charge in [-0.25, -0.2) is 4.39 Å². The van der Waals surface area contributed by atoms with Crippen molar-refractivity contribution in [3.05, 3.63) is 71.0 Å². The SMILES string of the molecule is CN=C(NCCc1ccccc1F)NCc1ccc(C(=O)N2CCNC(=O)C2)cc1. The molecule has 1 heterocycles. The van der Waals surface area contributed by atoms with Gasteiger partial charge in [-0.1, -0.05) is 30.3 Å². The highest BCUT2D eigenvalue weighted by Gasteiger charge is 2.22. The Morgan fingerprint density at radius 2 is 1.93 bits per heavy atom. The molecule has 1 fully saturated rings. The summed E-state index contributed by atoms with van der Waals surface area (Å²) in [4.78, 5) is 29.7. The Morgan fingerprint density at radius 3 is 2.63 bits per heavy atom. The van der Waals surface area contributed by atoms with Crippen LogP contribution in [0.2, 0.25) is 0 Å². The van der Waals surface area contributed by atoms with Crippen LogP contribution in [0.5, 0.6) is 0 Å². The van der Waals surface area contributed by atoms with E-state index in [0.717, 1.165) is 5.56 Å². The molecule has 158 valence electrons. The third-order valence-electron chi connectivity index (χ3n) is 4.85. The van der Waals surface area contributed by atoms with Crippen molar-refractivity contribution in [2.24, 2.45) is 4.99 Å². The van der Waals surface area contributed by atoms with Crippen LogP contribution in [0.15, 0.2) is 53.5 Å². The molecule has 1 aliphatic rings. The average molecular weight is 411 g/mol.